The summed E-state index contributed by atoms with van der Waals surface area (Å²) in [6.45, 7) is 0.452. The van der Waals surface area contributed by atoms with E-state index in [0.29, 0.717) is 12.1 Å². The molecule has 0 aliphatic heterocycles. The standard InChI is InChI=1S/C12H11ClFN3O2.C9H7N3O5/c13-17-4-6-1-2-8(14)7(3-6)5-16-10-9(15)11(18)12(10)19;1-17-8(16)5-2-4(7(14)15)10-9-11-6(13)3-12(5)9/h1-3,16-17H,4-5,15H2;2-3,13H,1H3,(H,14,15). The molecule has 188 valence electrons. The Morgan fingerprint density at radius 3 is 2.53 bits per heavy atom. The lowest BCUT2D eigenvalue weighted by Gasteiger charge is -2.11. The lowest BCUT2D eigenvalue weighted by molar-refractivity contribution is 0.0592. The van der Waals surface area contributed by atoms with Crippen LogP contribution >= 0.6 is 11.8 Å². The number of nitrogens with one attached hydrogen (secondary N) is 2. The van der Waals surface area contributed by atoms with E-state index in [1.54, 1.807) is 12.1 Å². The highest BCUT2D eigenvalue weighted by Crippen LogP contribution is 2.16. The molecule has 0 atom stereocenters. The highest BCUT2D eigenvalue weighted by molar-refractivity contribution is 6.13. The molecule has 0 radical (unpaired) electrons. The van der Waals surface area contributed by atoms with E-state index in [-0.39, 0.29) is 41.0 Å². The number of carbonyl (C=O) groups is 2. The van der Waals surface area contributed by atoms with Crippen molar-refractivity contribution in [2.24, 2.45) is 0 Å². The molecule has 0 unspecified atom stereocenters. The van der Waals surface area contributed by atoms with Crippen molar-refractivity contribution in [2.45, 2.75) is 13.1 Å². The Morgan fingerprint density at radius 2 is 1.92 bits per heavy atom. The summed E-state index contributed by atoms with van der Waals surface area (Å²) in [5.41, 5.74) is 4.64. The van der Waals surface area contributed by atoms with Gasteiger partial charge in [-0.15, -0.1) is 0 Å². The lowest BCUT2D eigenvalue weighted by atomic mass is 10.1. The van der Waals surface area contributed by atoms with E-state index in [2.05, 4.69) is 24.9 Å². The van der Waals surface area contributed by atoms with E-state index < -0.39 is 28.6 Å². The summed E-state index contributed by atoms with van der Waals surface area (Å²) in [4.78, 5) is 54.0. The van der Waals surface area contributed by atoms with Crippen molar-refractivity contribution in [3.63, 3.8) is 0 Å². The number of aromatic carboxylic acids is 1. The van der Waals surface area contributed by atoms with Gasteiger partial charge in [-0.1, -0.05) is 6.07 Å². The van der Waals surface area contributed by atoms with E-state index >= 15 is 0 Å². The van der Waals surface area contributed by atoms with Gasteiger partial charge in [-0.2, -0.15) is 4.98 Å². The van der Waals surface area contributed by atoms with E-state index in [4.69, 9.17) is 22.6 Å². The van der Waals surface area contributed by atoms with Gasteiger partial charge < -0.3 is 26.0 Å². The molecule has 0 spiro atoms. The minimum absolute atomic E-state index is 0.0465. The molecule has 2 aromatic heterocycles. The van der Waals surface area contributed by atoms with Crippen molar-refractivity contribution in [3.05, 3.63) is 79.2 Å². The number of hydrogen-bond acceptors (Lipinski definition) is 11. The second-order valence-corrected chi connectivity index (χ2v) is 7.40. The maximum atomic E-state index is 13.6. The molecular formula is C21H18ClFN6O7. The fourth-order valence-electron chi connectivity index (χ4n) is 3.04. The number of fused-ring (bicyclic) bond motifs is 1. The number of carbonyl (C=O) groups excluding carboxylic acids is 1. The molecule has 15 heteroatoms. The molecule has 0 amide bonds. The number of hydrogen-bond donors (Lipinski definition) is 5. The molecule has 4 aromatic rings. The lowest BCUT2D eigenvalue weighted by Crippen LogP contribution is -2.37. The number of aromatic hydroxyl groups is 1. The summed E-state index contributed by atoms with van der Waals surface area (Å²) >= 11 is 5.38. The van der Waals surface area contributed by atoms with Gasteiger partial charge in [0.2, 0.25) is 11.7 Å². The Morgan fingerprint density at radius 1 is 1.19 bits per heavy atom. The number of nitrogens with zero attached hydrogens (tertiary/aromatic N) is 3. The number of nitrogen functional groups attached to an aromatic ring is 1. The quantitative estimate of drug-likeness (QED) is 0.130. The van der Waals surface area contributed by atoms with Crippen LogP contribution in [-0.2, 0) is 17.8 Å². The van der Waals surface area contributed by atoms with Crippen LogP contribution in [-0.4, -0.2) is 43.6 Å². The molecule has 0 saturated heterocycles. The zero-order valence-corrected chi connectivity index (χ0v) is 19.2. The minimum atomic E-state index is -1.31. The van der Waals surface area contributed by atoms with Gasteiger partial charge in [-0.3, -0.25) is 14.0 Å². The van der Waals surface area contributed by atoms with Crippen LogP contribution in [0.4, 0.5) is 15.8 Å². The molecule has 4 rings (SSSR count). The number of rotatable bonds is 7. The van der Waals surface area contributed by atoms with Crippen molar-refractivity contribution < 1.29 is 28.9 Å². The number of esters is 1. The second-order valence-electron chi connectivity index (χ2n) is 7.13. The summed E-state index contributed by atoms with van der Waals surface area (Å²) in [6, 6.07) is 5.56. The fourth-order valence-corrected chi connectivity index (χ4v) is 3.20. The molecule has 0 bridgehead atoms. The molecular weight excluding hydrogens is 503 g/mol. The van der Waals surface area contributed by atoms with E-state index in [1.807, 2.05) is 0 Å². The van der Waals surface area contributed by atoms with E-state index in [1.165, 1.54) is 6.07 Å². The highest BCUT2D eigenvalue weighted by atomic mass is 35.5. The number of aromatic nitrogens is 3. The third kappa shape index (κ3) is 5.39. The van der Waals surface area contributed by atoms with Crippen molar-refractivity contribution in [1.29, 1.82) is 0 Å². The maximum Gasteiger partial charge on any atom is 0.355 e. The maximum absolute atomic E-state index is 13.6. The Balaban J connectivity index is 0.000000202. The number of benzene rings is 1. The molecule has 2 heterocycles. The topological polar surface area (TPSA) is 198 Å². The van der Waals surface area contributed by atoms with Crippen molar-refractivity contribution in [2.75, 3.05) is 18.2 Å². The average molecular weight is 521 g/mol. The largest absolute Gasteiger partial charge is 0.492 e. The minimum Gasteiger partial charge on any atom is -0.492 e. The Hall–Kier alpha value is -4.56. The van der Waals surface area contributed by atoms with Gasteiger partial charge >= 0.3 is 11.9 Å². The number of nitrogens with two attached hydrogens (primary N) is 1. The molecule has 6 N–H and O–H groups in total. The van der Waals surface area contributed by atoms with Crippen LogP contribution in [0.2, 0.25) is 0 Å². The van der Waals surface area contributed by atoms with Crippen LogP contribution in [0.15, 0.2) is 40.1 Å². The molecule has 36 heavy (non-hydrogen) atoms. The molecule has 2 aromatic carbocycles. The highest BCUT2D eigenvalue weighted by Gasteiger charge is 2.19. The van der Waals surface area contributed by atoms with Crippen LogP contribution in [0.5, 0.6) is 5.88 Å². The van der Waals surface area contributed by atoms with Gasteiger partial charge in [0, 0.05) is 24.7 Å². The Kier molecular flexibility index (Phi) is 7.81. The SMILES string of the molecule is COC(=O)c1cc(C(=O)O)nc2nc(O)cn12.Nc1c(NCc2cc(CNCl)ccc2F)c(=O)c1=O. The molecule has 0 saturated carbocycles. The van der Waals surface area contributed by atoms with Gasteiger partial charge in [0.1, 0.15) is 22.9 Å². The first-order chi connectivity index (χ1) is 17.1. The fraction of sp³-hybridized carbons (Fsp3) is 0.143. The number of halogens is 2. The molecule has 0 fully saturated rings. The molecule has 13 nitrogen and oxygen atoms in total. The number of carboxylic acid groups (broad SMARTS) is 1. The van der Waals surface area contributed by atoms with Gasteiger partial charge in [-0.05, 0) is 29.5 Å². The third-order valence-electron chi connectivity index (χ3n) is 4.83. The summed E-state index contributed by atoms with van der Waals surface area (Å²) < 4.78 is 19.2. The predicted molar refractivity (Wildman–Crippen MR) is 125 cm³/mol. The van der Waals surface area contributed by atoms with Crippen molar-refractivity contribution in [3.8, 4) is 5.88 Å². The zero-order valence-electron chi connectivity index (χ0n) is 18.4. The van der Waals surface area contributed by atoms with Gasteiger partial charge in [0.05, 0.1) is 13.3 Å². The summed E-state index contributed by atoms with van der Waals surface area (Å²) in [5.74, 6) is -2.94. The van der Waals surface area contributed by atoms with Crippen LogP contribution in [0.1, 0.15) is 32.1 Å². The Labute approximate surface area is 205 Å². The first kappa shape index (κ1) is 26.1. The van der Waals surface area contributed by atoms with E-state index in [9.17, 15) is 28.7 Å². The number of imidazole rings is 1. The van der Waals surface area contributed by atoms with Crippen LogP contribution in [0, 0.1) is 5.82 Å². The third-order valence-corrected chi connectivity index (χ3v) is 4.96. The van der Waals surface area contributed by atoms with Crippen LogP contribution in [0.25, 0.3) is 5.78 Å². The summed E-state index contributed by atoms with van der Waals surface area (Å²) in [7, 11) is 1.16. The second kappa shape index (κ2) is 10.8. The molecule has 0 aliphatic carbocycles. The zero-order chi connectivity index (χ0) is 26.6. The number of methoxy groups -OCH3 is 1. The Bertz CT molecular complexity index is 1530. The molecule has 0 aliphatic rings. The van der Waals surface area contributed by atoms with Gasteiger partial charge in [0.15, 0.2) is 5.69 Å². The smallest absolute Gasteiger partial charge is 0.355 e. The monoisotopic (exact) mass is 520 g/mol. The van der Waals surface area contributed by atoms with Gasteiger partial charge in [-0.25, -0.2) is 23.8 Å². The van der Waals surface area contributed by atoms with Crippen LogP contribution < -0.4 is 26.7 Å². The normalized spacial score (nSPS) is 10.6. The first-order valence-corrected chi connectivity index (χ1v) is 10.3. The average Bonchev–Trinajstić information content (AvgIpc) is 3.25. The van der Waals surface area contributed by atoms with Crippen LogP contribution in [0.3, 0.4) is 0 Å². The summed E-state index contributed by atoms with van der Waals surface area (Å²) in [5, 5.41) is 20.7. The summed E-state index contributed by atoms with van der Waals surface area (Å²) in [6.07, 6.45) is 1.14. The first-order valence-electron chi connectivity index (χ1n) is 9.91. The van der Waals surface area contributed by atoms with Crippen molar-refractivity contribution >= 4 is 40.9 Å². The van der Waals surface area contributed by atoms with Gasteiger partial charge in [0.25, 0.3) is 10.9 Å². The predicted octanol–water partition coefficient (Wildman–Crippen LogP) is 0.779. The van der Waals surface area contributed by atoms with Crippen molar-refractivity contribution in [1.82, 2.24) is 19.2 Å². The number of carboxylic acids is 1. The number of anilines is 2. The number of ether oxygens (including phenoxy) is 1. The van der Waals surface area contributed by atoms with E-state index in [0.717, 1.165) is 29.3 Å².